The summed E-state index contributed by atoms with van der Waals surface area (Å²) >= 11 is 6.40. The number of nitrogens with zero attached hydrogens (tertiary/aromatic N) is 1. The summed E-state index contributed by atoms with van der Waals surface area (Å²) in [4.78, 5) is 13.0. The first-order chi connectivity index (χ1) is 12.6. The van der Waals surface area contributed by atoms with Crippen LogP contribution in [0.4, 0.5) is 0 Å². The van der Waals surface area contributed by atoms with E-state index < -0.39 is 0 Å². The molecule has 1 saturated carbocycles. The first-order valence-corrected chi connectivity index (χ1v) is 9.89. The van der Waals surface area contributed by atoms with Gasteiger partial charge < -0.3 is 14.5 Å². The number of ether oxygens (including phenoxy) is 1. The van der Waals surface area contributed by atoms with E-state index in [-0.39, 0.29) is 11.5 Å². The number of fused-ring (bicyclic) bond motifs is 1. The van der Waals surface area contributed by atoms with Gasteiger partial charge in [0.1, 0.15) is 0 Å². The molecule has 2 heterocycles. The lowest BCUT2D eigenvalue weighted by atomic mass is 9.91. The molecule has 0 aliphatic heterocycles. The Morgan fingerprint density at radius 2 is 2.04 bits per heavy atom. The zero-order valence-corrected chi connectivity index (χ0v) is 16.1. The number of rotatable bonds is 7. The molecule has 0 radical (unpaired) electrons. The van der Waals surface area contributed by atoms with Crippen molar-refractivity contribution in [2.75, 3.05) is 13.7 Å². The Labute approximate surface area is 160 Å². The smallest absolute Gasteiger partial charge is 0.208 e. The molecule has 3 rings (SSSR count). The normalized spacial score (nSPS) is 15.9. The summed E-state index contributed by atoms with van der Waals surface area (Å²) in [5.74, 6) is 0.273. The predicted molar refractivity (Wildman–Crippen MR) is 106 cm³/mol. The molecule has 1 aliphatic rings. The lowest BCUT2D eigenvalue weighted by Gasteiger charge is -2.13. The van der Waals surface area contributed by atoms with Crippen LogP contribution in [0.15, 0.2) is 24.4 Å². The highest BCUT2D eigenvalue weighted by Crippen LogP contribution is 2.29. The first-order valence-electron chi connectivity index (χ1n) is 9.51. The Balaban J connectivity index is 1.86. The molecule has 0 amide bonds. The fraction of sp³-hybridized carbons (Fsp3) is 0.524. The van der Waals surface area contributed by atoms with Gasteiger partial charge in [-0.25, -0.2) is 0 Å². The molecule has 5 heteroatoms. The number of pyridine rings is 1. The third-order valence-corrected chi connectivity index (χ3v) is 5.67. The van der Waals surface area contributed by atoms with Gasteiger partial charge in [0.05, 0.1) is 28.4 Å². The number of Topliss-reactive ketones (excluding diaryl/α,β-unsaturated/α-hetero) is 1. The molecule has 26 heavy (non-hydrogen) atoms. The molecule has 0 unspecified atom stereocenters. The topological polar surface area (TPSA) is 54.6 Å². The fourth-order valence-electron chi connectivity index (χ4n) is 3.97. The maximum atomic E-state index is 13.0. The highest BCUT2D eigenvalue weighted by molar-refractivity contribution is 6.47. The van der Waals surface area contributed by atoms with Crippen LogP contribution in [0, 0.1) is 11.3 Å². The van der Waals surface area contributed by atoms with Crippen LogP contribution in [0.1, 0.15) is 61.0 Å². The van der Waals surface area contributed by atoms with Crippen LogP contribution < -0.4 is 0 Å². The third kappa shape index (κ3) is 4.18. The number of aromatic nitrogens is 1. The van der Waals surface area contributed by atoms with E-state index in [2.05, 4.69) is 0 Å². The summed E-state index contributed by atoms with van der Waals surface area (Å²) in [6.07, 6.45) is 10.4. The van der Waals surface area contributed by atoms with E-state index in [0.717, 1.165) is 18.5 Å². The van der Waals surface area contributed by atoms with Gasteiger partial charge in [0.25, 0.3) is 0 Å². The van der Waals surface area contributed by atoms with E-state index in [0.29, 0.717) is 41.5 Å². The summed E-state index contributed by atoms with van der Waals surface area (Å²) in [5, 5.41) is 8.95. The van der Waals surface area contributed by atoms with Gasteiger partial charge in [-0.2, -0.15) is 0 Å². The zero-order chi connectivity index (χ0) is 18.5. The number of carbonyl (C=O) groups is 1. The number of halogens is 1. The predicted octanol–water partition coefficient (Wildman–Crippen LogP) is 5.34. The second-order valence-corrected chi connectivity index (χ2v) is 7.64. The molecule has 0 bridgehead atoms. The molecule has 2 aromatic heterocycles. The molecule has 1 fully saturated rings. The molecule has 1 aliphatic carbocycles. The van der Waals surface area contributed by atoms with Crippen molar-refractivity contribution >= 4 is 28.6 Å². The van der Waals surface area contributed by atoms with Gasteiger partial charge in [-0.05, 0) is 30.5 Å². The Hall–Kier alpha value is -1.65. The largest absolute Gasteiger partial charge is 0.384 e. The molecule has 4 nitrogen and oxygen atoms in total. The van der Waals surface area contributed by atoms with Crippen LogP contribution in [-0.4, -0.2) is 29.6 Å². The minimum atomic E-state index is -0.191. The van der Waals surface area contributed by atoms with Crippen molar-refractivity contribution in [2.24, 2.45) is 5.92 Å². The second kappa shape index (κ2) is 8.83. The highest BCUT2D eigenvalue weighted by atomic mass is 35.5. The molecular weight excluding hydrogens is 348 g/mol. The number of hydrogen-bond donors (Lipinski definition) is 1. The molecule has 0 aromatic carbocycles. The van der Waals surface area contributed by atoms with Crippen molar-refractivity contribution in [3.8, 4) is 0 Å². The summed E-state index contributed by atoms with van der Waals surface area (Å²) in [5.41, 5.74) is 2.44. The van der Waals surface area contributed by atoms with Gasteiger partial charge >= 0.3 is 0 Å². The number of nitrogens with one attached hydrogen (secondary N) is 1. The van der Waals surface area contributed by atoms with Gasteiger partial charge in [-0.3, -0.25) is 4.79 Å². The Kier molecular flexibility index (Phi) is 6.49. The standard InChI is InChI=1S/C21H27ClN2O2/c1-26-12-10-16-14-17(20-18(22)9-6-11-24(16)20)21(25)19(23)13-15-7-4-2-3-5-8-15/h6,9,11,14-15,23H,2-5,7-8,10,12-13H2,1H3. The van der Waals surface area contributed by atoms with E-state index in [1.54, 1.807) is 13.2 Å². The Morgan fingerprint density at radius 1 is 1.31 bits per heavy atom. The van der Waals surface area contributed by atoms with Crippen molar-refractivity contribution in [1.29, 1.82) is 5.41 Å². The molecular formula is C21H27ClN2O2. The molecule has 0 atom stereocenters. The van der Waals surface area contributed by atoms with Crippen molar-refractivity contribution in [2.45, 2.75) is 51.4 Å². The summed E-state index contributed by atoms with van der Waals surface area (Å²) < 4.78 is 7.13. The van der Waals surface area contributed by atoms with Crippen molar-refractivity contribution in [3.63, 3.8) is 0 Å². The number of methoxy groups -OCH3 is 1. The Bertz CT molecular complexity index is 789. The average molecular weight is 375 g/mol. The average Bonchev–Trinajstić information content (AvgIpc) is 2.82. The summed E-state index contributed by atoms with van der Waals surface area (Å²) in [6, 6.07) is 5.55. The van der Waals surface area contributed by atoms with Gasteiger partial charge in [-0.15, -0.1) is 0 Å². The SMILES string of the molecule is COCCc1cc(C(=O)C(=N)CC2CCCCCC2)c2c(Cl)cccn12. The van der Waals surface area contributed by atoms with Crippen LogP contribution in [-0.2, 0) is 11.2 Å². The van der Waals surface area contributed by atoms with E-state index in [9.17, 15) is 4.79 Å². The number of carbonyl (C=O) groups excluding carboxylic acids is 1. The molecule has 2 aromatic rings. The lowest BCUT2D eigenvalue weighted by Crippen LogP contribution is -2.17. The number of hydrogen-bond acceptors (Lipinski definition) is 3. The van der Waals surface area contributed by atoms with Crippen LogP contribution >= 0.6 is 11.6 Å². The van der Waals surface area contributed by atoms with Gasteiger partial charge in [0.2, 0.25) is 5.78 Å². The van der Waals surface area contributed by atoms with E-state index in [1.165, 1.54) is 25.7 Å². The Morgan fingerprint density at radius 3 is 2.73 bits per heavy atom. The zero-order valence-electron chi connectivity index (χ0n) is 15.4. The van der Waals surface area contributed by atoms with Crippen LogP contribution in [0.2, 0.25) is 5.02 Å². The fourth-order valence-corrected chi connectivity index (χ4v) is 4.23. The van der Waals surface area contributed by atoms with Crippen LogP contribution in [0.3, 0.4) is 0 Å². The van der Waals surface area contributed by atoms with Gasteiger partial charge in [-0.1, -0.05) is 50.1 Å². The summed E-state index contributed by atoms with van der Waals surface area (Å²) in [7, 11) is 1.66. The monoisotopic (exact) mass is 374 g/mol. The van der Waals surface area contributed by atoms with Crippen molar-refractivity contribution in [1.82, 2.24) is 4.40 Å². The number of ketones is 1. The van der Waals surface area contributed by atoms with Gasteiger partial charge in [0, 0.05) is 25.4 Å². The third-order valence-electron chi connectivity index (χ3n) is 5.37. The van der Waals surface area contributed by atoms with Crippen LogP contribution in [0.25, 0.3) is 5.52 Å². The maximum absolute atomic E-state index is 13.0. The molecule has 0 saturated heterocycles. The maximum Gasteiger partial charge on any atom is 0.208 e. The molecule has 0 spiro atoms. The quantitative estimate of drug-likeness (QED) is 0.403. The van der Waals surface area contributed by atoms with Crippen LogP contribution in [0.5, 0.6) is 0 Å². The molecule has 1 N–H and O–H groups in total. The molecule has 140 valence electrons. The van der Waals surface area contributed by atoms with E-state index >= 15 is 0 Å². The highest BCUT2D eigenvalue weighted by Gasteiger charge is 2.23. The van der Waals surface area contributed by atoms with Gasteiger partial charge in [0.15, 0.2) is 0 Å². The lowest BCUT2D eigenvalue weighted by molar-refractivity contribution is 0.106. The van der Waals surface area contributed by atoms with E-state index in [4.69, 9.17) is 21.7 Å². The van der Waals surface area contributed by atoms with Crippen molar-refractivity contribution < 1.29 is 9.53 Å². The first kappa shape index (κ1) is 19.1. The summed E-state index contributed by atoms with van der Waals surface area (Å²) in [6.45, 7) is 0.575. The second-order valence-electron chi connectivity index (χ2n) is 7.24. The van der Waals surface area contributed by atoms with E-state index in [1.807, 2.05) is 22.7 Å². The van der Waals surface area contributed by atoms with Crippen molar-refractivity contribution in [3.05, 3.63) is 40.7 Å². The minimum absolute atomic E-state index is 0.191. The minimum Gasteiger partial charge on any atom is -0.384 e.